The number of hydrogen-bond donors (Lipinski definition) is 0. The van der Waals surface area contributed by atoms with Crippen molar-refractivity contribution in [2.24, 2.45) is 5.92 Å². The normalized spacial score (nSPS) is 15.3. The molecule has 0 aliphatic carbocycles. The van der Waals surface area contributed by atoms with Gasteiger partial charge in [0.15, 0.2) is 34.5 Å². The van der Waals surface area contributed by atoms with Crippen LogP contribution >= 0.6 is 11.3 Å². The third-order valence-electron chi connectivity index (χ3n) is 11.0. The second-order valence-corrected chi connectivity index (χ2v) is 15.1. The van der Waals surface area contributed by atoms with Gasteiger partial charge in [0, 0.05) is 24.5 Å². The Balaban J connectivity index is 1.34. The van der Waals surface area contributed by atoms with E-state index in [0.29, 0.717) is 11.5 Å². The lowest BCUT2D eigenvalue weighted by molar-refractivity contribution is 0.188. The van der Waals surface area contributed by atoms with E-state index in [2.05, 4.69) is 65.4 Å². The number of benzene rings is 3. The number of nitrogens with zero attached hydrogens (tertiary/aromatic N) is 3. The Kier molecular flexibility index (Phi) is 14.5. The van der Waals surface area contributed by atoms with Gasteiger partial charge < -0.3 is 33.3 Å². The molecule has 0 amide bonds. The van der Waals surface area contributed by atoms with Crippen LogP contribution in [0.25, 0.3) is 0 Å². The average Bonchev–Trinajstić information content (AvgIpc) is 3.69. The first-order valence-electron chi connectivity index (χ1n) is 18.8. The number of ether oxygens (including phenoxy) is 6. The van der Waals surface area contributed by atoms with E-state index in [1.54, 1.807) is 42.7 Å². The molecule has 1 aromatic heterocycles. The van der Waals surface area contributed by atoms with E-state index in [9.17, 15) is 5.26 Å². The molecule has 0 saturated heterocycles. The quantitative estimate of drug-likeness (QED) is 0.0881. The minimum atomic E-state index is -0.659. The molecular weight excluding hydrogens is 699 g/mol. The summed E-state index contributed by atoms with van der Waals surface area (Å²) in [5.41, 5.74) is 4.11. The zero-order valence-electron chi connectivity index (χ0n) is 33.3. The summed E-state index contributed by atoms with van der Waals surface area (Å²) in [5, 5.41) is 13.0. The summed E-state index contributed by atoms with van der Waals surface area (Å²) in [6.07, 6.45) is 4.56. The monoisotopic (exact) mass is 755 g/mol. The Morgan fingerprint density at radius 3 is 2.02 bits per heavy atom. The van der Waals surface area contributed by atoms with E-state index < -0.39 is 5.41 Å². The van der Waals surface area contributed by atoms with Crippen molar-refractivity contribution in [2.45, 2.75) is 57.4 Å². The van der Waals surface area contributed by atoms with Crippen LogP contribution in [0.2, 0.25) is 0 Å². The van der Waals surface area contributed by atoms with Crippen LogP contribution in [0.5, 0.6) is 34.5 Å². The minimum Gasteiger partial charge on any atom is -0.493 e. The van der Waals surface area contributed by atoms with Crippen LogP contribution < -0.4 is 28.4 Å². The summed E-state index contributed by atoms with van der Waals surface area (Å²) in [5.74, 6) is 4.38. The topological polar surface area (TPSA) is 85.7 Å². The molecule has 0 bridgehead atoms. The van der Waals surface area contributed by atoms with Gasteiger partial charge in [-0.3, -0.25) is 4.90 Å². The van der Waals surface area contributed by atoms with Crippen molar-refractivity contribution in [3.05, 3.63) is 93.2 Å². The molecule has 0 spiro atoms. The van der Waals surface area contributed by atoms with E-state index in [0.717, 1.165) is 93.4 Å². The van der Waals surface area contributed by atoms with Crippen molar-refractivity contribution >= 4 is 11.3 Å². The number of nitriles is 1. The van der Waals surface area contributed by atoms with Crippen LogP contribution in [0.3, 0.4) is 0 Å². The lowest BCUT2D eigenvalue weighted by Gasteiger charge is -2.37. The van der Waals surface area contributed by atoms with Crippen molar-refractivity contribution < 1.29 is 28.4 Å². The number of hydrogen-bond acceptors (Lipinski definition) is 10. The van der Waals surface area contributed by atoms with Gasteiger partial charge in [-0.2, -0.15) is 5.26 Å². The maximum atomic E-state index is 10.7. The molecule has 0 fully saturated rings. The van der Waals surface area contributed by atoms with Gasteiger partial charge >= 0.3 is 0 Å². The Hall–Kier alpha value is -4.43. The second kappa shape index (κ2) is 19.2. The van der Waals surface area contributed by atoms with Crippen LogP contribution in [0.15, 0.2) is 66.0 Å². The molecule has 1 aliphatic heterocycles. The predicted octanol–water partition coefficient (Wildman–Crippen LogP) is 8.58. The van der Waals surface area contributed by atoms with Crippen molar-refractivity contribution in [1.82, 2.24) is 9.80 Å². The molecule has 4 aromatic rings. The highest BCUT2D eigenvalue weighted by molar-refractivity contribution is 7.10. The van der Waals surface area contributed by atoms with Gasteiger partial charge in [0.25, 0.3) is 0 Å². The van der Waals surface area contributed by atoms with Gasteiger partial charge in [0.1, 0.15) is 0 Å². The Bertz CT molecular complexity index is 1850. The van der Waals surface area contributed by atoms with Gasteiger partial charge in [0.2, 0.25) is 0 Å². The van der Waals surface area contributed by atoms with Crippen molar-refractivity contribution in [2.75, 3.05) is 75.4 Å². The zero-order valence-corrected chi connectivity index (χ0v) is 34.1. The lowest BCUT2D eigenvalue weighted by Crippen LogP contribution is -2.38. The van der Waals surface area contributed by atoms with E-state index >= 15 is 0 Å². The fraction of sp³-hybridized carbons (Fsp3) is 0.477. The number of fused-ring (bicyclic) bond motifs is 1. The molecule has 9 nitrogen and oxygen atoms in total. The van der Waals surface area contributed by atoms with Gasteiger partial charge in [-0.15, -0.1) is 11.3 Å². The molecule has 0 saturated carbocycles. The van der Waals surface area contributed by atoms with Crippen LogP contribution in [0.4, 0.5) is 0 Å². The van der Waals surface area contributed by atoms with Crippen molar-refractivity contribution in [3.8, 4) is 40.6 Å². The fourth-order valence-electron chi connectivity index (χ4n) is 7.89. The molecule has 0 N–H and O–H groups in total. The first-order valence-corrected chi connectivity index (χ1v) is 19.7. The Morgan fingerprint density at radius 2 is 1.37 bits per heavy atom. The number of rotatable bonds is 20. The van der Waals surface area contributed by atoms with Crippen LogP contribution in [-0.2, 0) is 18.3 Å². The lowest BCUT2D eigenvalue weighted by atomic mass is 9.69. The summed E-state index contributed by atoms with van der Waals surface area (Å²) in [6, 6.07) is 23.6. The number of methoxy groups -OCH3 is 6. The van der Waals surface area contributed by atoms with Crippen LogP contribution in [0, 0.1) is 17.2 Å². The van der Waals surface area contributed by atoms with Gasteiger partial charge in [-0.25, -0.2) is 0 Å². The Morgan fingerprint density at radius 1 is 0.759 bits per heavy atom. The largest absolute Gasteiger partial charge is 0.493 e. The predicted molar refractivity (Wildman–Crippen MR) is 216 cm³/mol. The number of thiophene rings is 1. The molecule has 1 aliphatic rings. The highest BCUT2D eigenvalue weighted by Gasteiger charge is 2.36. The van der Waals surface area contributed by atoms with Gasteiger partial charge in [-0.1, -0.05) is 32.0 Å². The summed E-state index contributed by atoms with van der Waals surface area (Å²) >= 11 is 1.85. The zero-order chi connectivity index (χ0) is 38.7. The van der Waals surface area contributed by atoms with E-state index in [1.165, 1.54) is 21.6 Å². The van der Waals surface area contributed by atoms with Crippen LogP contribution in [0.1, 0.15) is 66.3 Å². The summed E-state index contributed by atoms with van der Waals surface area (Å²) < 4.78 is 33.5. The Labute approximate surface area is 326 Å². The summed E-state index contributed by atoms with van der Waals surface area (Å²) in [6.45, 7) is 8.95. The first kappa shape index (κ1) is 40.7. The van der Waals surface area contributed by atoms with Gasteiger partial charge in [0.05, 0.1) is 60.2 Å². The molecule has 5 rings (SSSR count). The third kappa shape index (κ3) is 9.08. The standard InChI is InChI=1S/C44H57N3O6S/c1-31(2)44(30-45,34-13-16-38(50-5)41(29-34)53-8)20-9-21-46(24-17-32-11-14-36(48-3)39(27-32)51-6)22-10-23-47-25-18-42-35(19-26-54-42)43(47)33-12-15-37(49-4)40(28-33)52-7/h11-16,19,26-29,31,43H,9-10,17-18,20-25H2,1-8H3. The maximum absolute atomic E-state index is 10.7. The minimum absolute atomic E-state index is 0.107. The molecule has 2 atom stereocenters. The molecule has 2 unspecified atom stereocenters. The molecule has 2 heterocycles. The first-order chi connectivity index (χ1) is 26.2. The van der Waals surface area contributed by atoms with Crippen LogP contribution in [-0.4, -0.2) is 85.2 Å². The molecule has 0 radical (unpaired) electrons. The van der Waals surface area contributed by atoms with Crippen molar-refractivity contribution in [1.29, 1.82) is 5.26 Å². The highest BCUT2D eigenvalue weighted by atomic mass is 32.1. The fourth-order valence-corrected chi connectivity index (χ4v) is 8.79. The smallest absolute Gasteiger partial charge is 0.161 e. The van der Waals surface area contributed by atoms with Crippen molar-refractivity contribution in [3.63, 3.8) is 0 Å². The molecule has 10 heteroatoms. The SMILES string of the molecule is COc1ccc(CCN(CCCN2CCc3sccc3C2c2ccc(OC)c(OC)c2)CCCC(C#N)(c2ccc(OC)c(OC)c2)C(C)C)cc1OC. The van der Waals surface area contributed by atoms with E-state index in [1.807, 2.05) is 41.7 Å². The summed E-state index contributed by atoms with van der Waals surface area (Å²) in [7, 11) is 9.99. The van der Waals surface area contributed by atoms with E-state index in [4.69, 9.17) is 28.4 Å². The molecule has 3 aromatic carbocycles. The molecular formula is C44H57N3O6S. The van der Waals surface area contributed by atoms with E-state index in [-0.39, 0.29) is 12.0 Å². The van der Waals surface area contributed by atoms with Gasteiger partial charge in [-0.05, 0) is 121 Å². The highest BCUT2D eigenvalue weighted by Crippen LogP contribution is 2.42. The third-order valence-corrected chi connectivity index (χ3v) is 12.0. The molecule has 290 valence electrons. The molecule has 54 heavy (non-hydrogen) atoms. The average molecular weight is 756 g/mol. The maximum Gasteiger partial charge on any atom is 0.161 e. The second-order valence-electron chi connectivity index (χ2n) is 14.1. The summed E-state index contributed by atoms with van der Waals surface area (Å²) in [4.78, 5) is 6.65.